The van der Waals surface area contributed by atoms with E-state index in [-0.39, 0.29) is 16.6 Å². The van der Waals surface area contributed by atoms with Crippen molar-refractivity contribution in [2.75, 3.05) is 24.6 Å². The van der Waals surface area contributed by atoms with Gasteiger partial charge in [-0.1, -0.05) is 17.7 Å². The fourth-order valence-corrected chi connectivity index (χ4v) is 4.38. The fraction of sp³-hybridized carbons (Fsp3) is 0.357. The van der Waals surface area contributed by atoms with E-state index in [2.05, 4.69) is 9.71 Å². The normalized spacial score (nSPS) is 11.6. The third-order valence-electron chi connectivity index (χ3n) is 3.00. The molecule has 0 saturated heterocycles. The molecule has 0 amide bonds. The number of nitrogens with one attached hydrogen (secondary N) is 1. The van der Waals surface area contributed by atoms with Gasteiger partial charge in [-0.05, 0) is 24.6 Å². The molecule has 2 rings (SSSR count). The molecule has 0 unspecified atom stereocenters. The molecule has 1 aromatic heterocycles. The van der Waals surface area contributed by atoms with Crippen molar-refractivity contribution in [3.63, 3.8) is 0 Å². The Morgan fingerprint density at radius 3 is 2.91 bits per heavy atom. The van der Waals surface area contributed by atoms with Gasteiger partial charge in [0.25, 0.3) is 10.0 Å². The molecule has 0 atom stereocenters. The zero-order chi connectivity index (χ0) is 16.9. The molecular weight excluding hydrogens is 363 g/mol. The summed E-state index contributed by atoms with van der Waals surface area (Å²) in [4.78, 5) is 5.01. The van der Waals surface area contributed by atoms with Gasteiger partial charge in [-0.25, -0.2) is 17.8 Å². The van der Waals surface area contributed by atoms with Crippen molar-refractivity contribution >= 4 is 38.1 Å². The first-order valence-electron chi connectivity index (χ1n) is 6.80. The summed E-state index contributed by atoms with van der Waals surface area (Å²) in [7, 11) is -3.75. The maximum absolute atomic E-state index is 12.4. The first-order valence-corrected chi connectivity index (χ1v) is 9.48. The van der Waals surface area contributed by atoms with E-state index in [0.717, 1.165) is 4.88 Å². The highest BCUT2D eigenvalue weighted by Crippen LogP contribution is 2.26. The molecule has 0 aliphatic rings. The average Bonchev–Trinajstić information content (AvgIpc) is 2.93. The third kappa shape index (κ3) is 4.87. The fourth-order valence-electron chi connectivity index (χ4n) is 1.85. The second-order valence-electron chi connectivity index (χ2n) is 4.65. The van der Waals surface area contributed by atoms with Crippen LogP contribution in [0.4, 0.5) is 9.52 Å². The van der Waals surface area contributed by atoms with E-state index in [1.807, 2.05) is 0 Å². The van der Waals surface area contributed by atoms with Crippen LogP contribution in [0, 0.1) is 6.92 Å². The lowest BCUT2D eigenvalue weighted by molar-refractivity contribution is 0.122. The van der Waals surface area contributed by atoms with Crippen LogP contribution in [0.15, 0.2) is 29.3 Å². The van der Waals surface area contributed by atoms with E-state index >= 15 is 0 Å². The van der Waals surface area contributed by atoms with E-state index in [1.54, 1.807) is 25.3 Å². The van der Waals surface area contributed by atoms with Gasteiger partial charge in [0.1, 0.15) is 6.67 Å². The summed E-state index contributed by atoms with van der Waals surface area (Å²) >= 11 is 7.18. The topological polar surface area (TPSA) is 68.3 Å². The molecule has 1 N–H and O–H groups in total. The smallest absolute Gasteiger partial charge is 0.263 e. The highest BCUT2D eigenvalue weighted by atomic mass is 35.5. The number of sulfonamides is 1. The number of anilines is 1. The first-order chi connectivity index (χ1) is 10.9. The molecule has 0 spiro atoms. The molecule has 9 heteroatoms. The molecule has 23 heavy (non-hydrogen) atoms. The van der Waals surface area contributed by atoms with Gasteiger partial charge in [0, 0.05) is 22.5 Å². The zero-order valence-corrected chi connectivity index (χ0v) is 14.8. The van der Waals surface area contributed by atoms with Crippen molar-refractivity contribution in [2.45, 2.75) is 18.2 Å². The molecule has 0 fully saturated rings. The summed E-state index contributed by atoms with van der Waals surface area (Å²) in [6.45, 7) is 1.55. The number of aromatic nitrogens is 1. The number of rotatable bonds is 8. The summed E-state index contributed by atoms with van der Waals surface area (Å²) in [6, 6.07) is 4.71. The number of nitrogens with zero attached hydrogens (tertiary/aromatic N) is 1. The standard InChI is InChI=1S/C14H16ClFN2O3S2/c1-10-12(15)3-2-4-13(10)23(19,20)18-14-17-9-11(22-14)5-7-21-8-6-16/h2-4,9H,5-8H2,1H3,(H,17,18). The highest BCUT2D eigenvalue weighted by molar-refractivity contribution is 7.93. The predicted octanol–water partition coefficient (Wildman–Crippen LogP) is 3.43. The Morgan fingerprint density at radius 1 is 1.39 bits per heavy atom. The Kier molecular flexibility index (Phi) is 6.34. The Balaban J connectivity index is 2.06. The number of alkyl halides is 1. The van der Waals surface area contributed by atoms with Gasteiger partial charge in [0.2, 0.25) is 0 Å². The SMILES string of the molecule is Cc1c(Cl)cccc1S(=O)(=O)Nc1ncc(CCOCCF)s1. The molecule has 0 radical (unpaired) electrons. The lowest BCUT2D eigenvalue weighted by Gasteiger charge is -2.09. The number of benzene rings is 1. The maximum atomic E-state index is 12.4. The van der Waals surface area contributed by atoms with Crippen LogP contribution in [-0.4, -0.2) is 33.3 Å². The molecule has 5 nitrogen and oxygen atoms in total. The van der Waals surface area contributed by atoms with Crippen LogP contribution in [0.5, 0.6) is 0 Å². The second-order valence-corrected chi connectivity index (χ2v) is 7.82. The summed E-state index contributed by atoms with van der Waals surface area (Å²) < 4.78 is 44.2. The number of halogens is 2. The molecule has 0 saturated carbocycles. The molecule has 126 valence electrons. The lowest BCUT2D eigenvalue weighted by atomic mass is 10.2. The molecular formula is C14H16ClFN2O3S2. The second kappa shape index (κ2) is 8.05. The Hall–Kier alpha value is -1.22. The van der Waals surface area contributed by atoms with E-state index in [0.29, 0.717) is 23.6 Å². The molecule has 0 bridgehead atoms. The van der Waals surface area contributed by atoms with Gasteiger partial charge in [0.05, 0.1) is 18.1 Å². The van der Waals surface area contributed by atoms with Crippen LogP contribution < -0.4 is 4.72 Å². The van der Waals surface area contributed by atoms with Crippen LogP contribution in [0.1, 0.15) is 10.4 Å². The van der Waals surface area contributed by atoms with Crippen molar-refractivity contribution in [1.29, 1.82) is 0 Å². The molecule has 1 heterocycles. The first kappa shape index (κ1) is 18.1. The van der Waals surface area contributed by atoms with E-state index < -0.39 is 16.7 Å². The van der Waals surface area contributed by atoms with Crippen LogP contribution in [0.3, 0.4) is 0 Å². The minimum Gasteiger partial charge on any atom is -0.378 e. The van der Waals surface area contributed by atoms with Crippen molar-refractivity contribution in [1.82, 2.24) is 4.98 Å². The minimum absolute atomic E-state index is 0.0618. The quantitative estimate of drug-likeness (QED) is 0.714. The van der Waals surface area contributed by atoms with Gasteiger partial charge >= 0.3 is 0 Å². The van der Waals surface area contributed by atoms with Crippen molar-refractivity contribution in [3.05, 3.63) is 39.9 Å². The van der Waals surface area contributed by atoms with E-state index in [1.165, 1.54) is 17.4 Å². The third-order valence-corrected chi connectivity index (χ3v) is 5.99. The average molecular weight is 379 g/mol. The molecule has 0 aliphatic heterocycles. The largest absolute Gasteiger partial charge is 0.378 e. The monoisotopic (exact) mass is 378 g/mol. The maximum Gasteiger partial charge on any atom is 0.263 e. The molecule has 0 aliphatic carbocycles. The van der Waals surface area contributed by atoms with Gasteiger partial charge < -0.3 is 4.74 Å². The number of hydrogen-bond acceptors (Lipinski definition) is 5. The van der Waals surface area contributed by atoms with Gasteiger partial charge in [-0.3, -0.25) is 4.72 Å². The zero-order valence-electron chi connectivity index (χ0n) is 12.4. The summed E-state index contributed by atoms with van der Waals surface area (Å²) in [6.07, 6.45) is 2.13. The number of thiazole rings is 1. The summed E-state index contributed by atoms with van der Waals surface area (Å²) in [5, 5.41) is 0.655. The summed E-state index contributed by atoms with van der Waals surface area (Å²) in [5.41, 5.74) is 0.484. The number of hydrogen-bond donors (Lipinski definition) is 1. The Morgan fingerprint density at radius 2 is 2.17 bits per heavy atom. The Bertz CT molecular complexity index is 765. The van der Waals surface area contributed by atoms with E-state index in [4.69, 9.17) is 16.3 Å². The summed E-state index contributed by atoms with van der Waals surface area (Å²) in [5.74, 6) is 0. The number of ether oxygens (including phenoxy) is 1. The minimum atomic E-state index is -3.75. The van der Waals surface area contributed by atoms with Crippen molar-refractivity contribution in [3.8, 4) is 0 Å². The van der Waals surface area contributed by atoms with Crippen LogP contribution >= 0.6 is 22.9 Å². The van der Waals surface area contributed by atoms with Crippen LogP contribution in [0.25, 0.3) is 0 Å². The van der Waals surface area contributed by atoms with Gasteiger partial charge in [-0.2, -0.15) is 0 Å². The van der Waals surface area contributed by atoms with Crippen molar-refractivity contribution in [2.24, 2.45) is 0 Å². The van der Waals surface area contributed by atoms with E-state index in [9.17, 15) is 12.8 Å². The molecule has 2 aromatic rings. The lowest BCUT2D eigenvalue weighted by Crippen LogP contribution is -2.14. The molecule has 1 aromatic carbocycles. The van der Waals surface area contributed by atoms with Crippen LogP contribution in [-0.2, 0) is 21.2 Å². The Labute approximate surface area is 143 Å². The van der Waals surface area contributed by atoms with Gasteiger partial charge in [0.15, 0.2) is 5.13 Å². The van der Waals surface area contributed by atoms with Crippen LogP contribution in [0.2, 0.25) is 5.02 Å². The van der Waals surface area contributed by atoms with Gasteiger partial charge in [-0.15, -0.1) is 11.3 Å². The predicted molar refractivity (Wildman–Crippen MR) is 89.6 cm³/mol. The van der Waals surface area contributed by atoms with Crippen molar-refractivity contribution < 1.29 is 17.5 Å². The highest BCUT2D eigenvalue weighted by Gasteiger charge is 2.19.